The van der Waals surface area contributed by atoms with Crippen LogP contribution in [0.1, 0.15) is 37.9 Å². The maximum absolute atomic E-state index is 4.28. The van der Waals surface area contributed by atoms with Crippen molar-refractivity contribution in [3.8, 4) is 0 Å². The van der Waals surface area contributed by atoms with Crippen LogP contribution in [-0.4, -0.2) is 17.0 Å². The van der Waals surface area contributed by atoms with Crippen molar-refractivity contribution in [3.05, 3.63) is 24.3 Å². The van der Waals surface area contributed by atoms with E-state index in [4.69, 9.17) is 0 Å². The zero-order valence-electron chi connectivity index (χ0n) is 8.33. The van der Waals surface area contributed by atoms with Gasteiger partial charge in [0, 0.05) is 18.6 Å². The molecule has 0 spiro atoms. The second kappa shape index (κ2) is 5.65. The Bertz CT molecular complexity index is 223. The number of unbranched alkanes of at least 4 members (excludes halogenated alkanes) is 1. The van der Waals surface area contributed by atoms with Crippen molar-refractivity contribution in [2.24, 2.45) is 0 Å². The smallest absolute Gasteiger partial charge is 0.0755 e. The molecule has 0 aliphatic heterocycles. The molecule has 0 aromatic carbocycles. The van der Waals surface area contributed by atoms with Crippen molar-refractivity contribution in [1.82, 2.24) is 15.3 Å². The molecule has 1 unspecified atom stereocenters. The lowest BCUT2D eigenvalue weighted by Crippen LogP contribution is -2.17. The standard InChI is InChI=1S/C10H17N3/c1-3-4-5-9(11-2)10-8-12-6-7-13-10/h6-9,11H,3-5H2,1-2H3. The van der Waals surface area contributed by atoms with Crippen LogP contribution in [0.15, 0.2) is 18.6 Å². The van der Waals surface area contributed by atoms with Gasteiger partial charge in [0.1, 0.15) is 0 Å². The minimum absolute atomic E-state index is 0.355. The average molecular weight is 179 g/mol. The van der Waals surface area contributed by atoms with Crippen LogP contribution in [0.3, 0.4) is 0 Å². The van der Waals surface area contributed by atoms with Gasteiger partial charge in [-0.1, -0.05) is 19.8 Å². The summed E-state index contributed by atoms with van der Waals surface area (Å²) >= 11 is 0. The summed E-state index contributed by atoms with van der Waals surface area (Å²) in [6.07, 6.45) is 8.85. The molecule has 0 amide bonds. The minimum atomic E-state index is 0.355. The highest BCUT2D eigenvalue weighted by atomic mass is 14.9. The van der Waals surface area contributed by atoms with E-state index < -0.39 is 0 Å². The van der Waals surface area contributed by atoms with Crippen LogP contribution in [0.2, 0.25) is 0 Å². The molecule has 1 atom stereocenters. The highest BCUT2D eigenvalue weighted by Gasteiger charge is 2.08. The molecule has 0 aliphatic rings. The Morgan fingerprint density at radius 1 is 1.46 bits per heavy atom. The Balaban J connectivity index is 2.56. The number of aromatic nitrogens is 2. The predicted octanol–water partition coefficient (Wildman–Crippen LogP) is 1.93. The number of hydrogen-bond donors (Lipinski definition) is 1. The van der Waals surface area contributed by atoms with Gasteiger partial charge in [-0.15, -0.1) is 0 Å². The highest BCUT2D eigenvalue weighted by Crippen LogP contribution is 2.15. The van der Waals surface area contributed by atoms with Crippen LogP contribution in [0, 0.1) is 0 Å². The molecular weight excluding hydrogens is 162 g/mol. The summed E-state index contributed by atoms with van der Waals surface area (Å²) < 4.78 is 0. The first-order chi connectivity index (χ1) is 6.38. The largest absolute Gasteiger partial charge is 0.312 e. The second-order valence-electron chi connectivity index (χ2n) is 3.11. The molecule has 3 nitrogen and oxygen atoms in total. The molecule has 1 N–H and O–H groups in total. The average Bonchev–Trinajstić information content (AvgIpc) is 2.21. The van der Waals surface area contributed by atoms with Gasteiger partial charge in [-0.05, 0) is 13.5 Å². The van der Waals surface area contributed by atoms with Gasteiger partial charge in [-0.2, -0.15) is 0 Å². The van der Waals surface area contributed by atoms with E-state index in [-0.39, 0.29) is 0 Å². The van der Waals surface area contributed by atoms with E-state index in [1.807, 2.05) is 13.2 Å². The molecule has 0 bridgehead atoms. The molecule has 72 valence electrons. The molecule has 1 rings (SSSR count). The molecule has 1 aromatic heterocycles. The molecule has 1 heterocycles. The Morgan fingerprint density at radius 3 is 2.85 bits per heavy atom. The van der Waals surface area contributed by atoms with E-state index in [9.17, 15) is 0 Å². The molecule has 3 heteroatoms. The summed E-state index contributed by atoms with van der Waals surface area (Å²) in [5.74, 6) is 0. The van der Waals surface area contributed by atoms with E-state index in [2.05, 4.69) is 22.2 Å². The van der Waals surface area contributed by atoms with E-state index in [1.165, 1.54) is 12.8 Å². The first-order valence-corrected chi connectivity index (χ1v) is 4.81. The molecular formula is C10H17N3. The Kier molecular flexibility index (Phi) is 4.40. The highest BCUT2D eigenvalue weighted by molar-refractivity contribution is 5.01. The summed E-state index contributed by atoms with van der Waals surface area (Å²) in [5.41, 5.74) is 1.04. The minimum Gasteiger partial charge on any atom is -0.312 e. The van der Waals surface area contributed by atoms with E-state index >= 15 is 0 Å². The van der Waals surface area contributed by atoms with Gasteiger partial charge < -0.3 is 5.32 Å². The van der Waals surface area contributed by atoms with Gasteiger partial charge in [0.15, 0.2) is 0 Å². The first kappa shape index (κ1) is 10.1. The van der Waals surface area contributed by atoms with Crippen molar-refractivity contribution in [1.29, 1.82) is 0 Å². The molecule has 1 aromatic rings. The fraction of sp³-hybridized carbons (Fsp3) is 0.600. The van der Waals surface area contributed by atoms with E-state index in [0.717, 1.165) is 12.1 Å². The normalized spacial score (nSPS) is 12.8. The topological polar surface area (TPSA) is 37.8 Å². The van der Waals surface area contributed by atoms with Crippen LogP contribution < -0.4 is 5.32 Å². The monoisotopic (exact) mass is 179 g/mol. The number of nitrogens with zero attached hydrogens (tertiary/aromatic N) is 2. The van der Waals surface area contributed by atoms with Crippen molar-refractivity contribution in [2.45, 2.75) is 32.2 Å². The summed E-state index contributed by atoms with van der Waals surface area (Å²) in [6, 6.07) is 0.355. The quantitative estimate of drug-likeness (QED) is 0.750. The Hall–Kier alpha value is -0.960. The molecule has 0 fully saturated rings. The predicted molar refractivity (Wildman–Crippen MR) is 53.4 cm³/mol. The van der Waals surface area contributed by atoms with Crippen LogP contribution in [-0.2, 0) is 0 Å². The van der Waals surface area contributed by atoms with Crippen molar-refractivity contribution in [3.63, 3.8) is 0 Å². The van der Waals surface area contributed by atoms with Gasteiger partial charge in [0.25, 0.3) is 0 Å². The lowest BCUT2D eigenvalue weighted by Gasteiger charge is -2.13. The third-order valence-electron chi connectivity index (χ3n) is 2.13. The summed E-state index contributed by atoms with van der Waals surface area (Å²) in [4.78, 5) is 8.34. The third kappa shape index (κ3) is 3.11. The lowest BCUT2D eigenvalue weighted by atomic mass is 10.1. The van der Waals surface area contributed by atoms with Crippen LogP contribution in [0.5, 0.6) is 0 Å². The van der Waals surface area contributed by atoms with E-state index in [0.29, 0.717) is 6.04 Å². The number of hydrogen-bond acceptors (Lipinski definition) is 3. The molecule has 0 aliphatic carbocycles. The van der Waals surface area contributed by atoms with Crippen LogP contribution in [0.4, 0.5) is 0 Å². The van der Waals surface area contributed by atoms with Gasteiger partial charge in [0.05, 0.1) is 11.7 Å². The molecule has 0 saturated carbocycles. The van der Waals surface area contributed by atoms with E-state index in [1.54, 1.807) is 12.4 Å². The first-order valence-electron chi connectivity index (χ1n) is 4.81. The number of nitrogens with one attached hydrogen (secondary N) is 1. The van der Waals surface area contributed by atoms with Crippen molar-refractivity contribution in [2.75, 3.05) is 7.05 Å². The second-order valence-corrected chi connectivity index (χ2v) is 3.11. The molecule has 0 saturated heterocycles. The zero-order valence-corrected chi connectivity index (χ0v) is 8.33. The molecule has 0 radical (unpaired) electrons. The fourth-order valence-corrected chi connectivity index (χ4v) is 1.34. The van der Waals surface area contributed by atoms with Gasteiger partial charge in [0.2, 0.25) is 0 Å². The maximum atomic E-state index is 4.28. The third-order valence-corrected chi connectivity index (χ3v) is 2.13. The van der Waals surface area contributed by atoms with Gasteiger partial charge >= 0.3 is 0 Å². The fourth-order valence-electron chi connectivity index (χ4n) is 1.34. The van der Waals surface area contributed by atoms with Gasteiger partial charge in [-0.3, -0.25) is 9.97 Å². The van der Waals surface area contributed by atoms with Crippen LogP contribution >= 0.6 is 0 Å². The van der Waals surface area contributed by atoms with Crippen molar-refractivity contribution >= 4 is 0 Å². The summed E-state index contributed by atoms with van der Waals surface area (Å²) in [7, 11) is 1.97. The zero-order chi connectivity index (χ0) is 9.52. The van der Waals surface area contributed by atoms with Gasteiger partial charge in [-0.25, -0.2) is 0 Å². The number of rotatable bonds is 5. The SMILES string of the molecule is CCCCC(NC)c1cnccn1. The summed E-state index contributed by atoms with van der Waals surface area (Å²) in [6.45, 7) is 2.20. The lowest BCUT2D eigenvalue weighted by molar-refractivity contribution is 0.509. The maximum Gasteiger partial charge on any atom is 0.0755 e. The molecule has 13 heavy (non-hydrogen) atoms. The Labute approximate surface area is 79.6 Å². The Morgan fingerprint density at radius 2 is 2.31 bits per heavy atom. The van der Waals surface area contributed by atoms with Crippen LogP contribution in [0.25, 0.3) is 0 Å². The van der Waals surface area contributed by atoms with Crippen molar-refractivity contribution < 1.29 is 0 Å². The summed E-state index contributed by atoms with van der Waals surface area (Å²) in [5, 5.41) is 3.25.